The van der Waals surface area contributed by atoms with Gasteiger partial charge < -0.3 is 9.84 Å². The van der Waals surface area contributed by atoms with Crippen LogP contribution in [-0.2, 0) is 0 Å². The fourth-order valence-corrected chi connectivity index (χ4v) is 3.60. The van der Waals surface area contributed by atoms with E-state index in [2.05, 4.69) is 20.4 Å². The molecular weight excluding hydrogens is 355 g/mol. The molecule has 1 fully saturated rings. The van der Waals surface area contributed by atoms with E-state index < -0.39 is 12.3 Å². The molecule has 0 amide bonds. The summed E-state index contributed by atoms with van der Waals surface area (Å²) in [5, 5.41) is 27.0. The van der Waals surface area contributed by atoms with Crippen LogP contribution in [0.1, 0.15) is 25.7 Å². The number of alkyl halides is 1. The summed E-state index contributed by atoms with van der Waals surface area (Å²) in [6, 6.07) is 8.59. The number of aromatic hydroxyl groups is 1. The van der Waals surface area contributed by atoms with E-state index in [4.69, 9.17) is 4.74 Å². The maximum Gasteiger partial charge on any atom is 0.233 e. The lowest BCUT2D eigenvalue weighted by molar-refractivity contribution is 0.0594. The summed E-state index contributed by atoms with van der Waals surface area (Å²) in [4.78, 5) is 0. The molecule has 1 aromatic carbocycles. The predicted molar refractivity (Wildman–Crippen MR) is 95.8 cm³/mol. The highest BCUT2D eigenvalue weighted by Crippen LogP contribution is 2.33. The maximum absolute atomic E-state index is 13.9. The number of aromatic nitrogens is 4. The zero-order valence-electron chi connectivity index (χ0n) is 13.9. The van der Waals surface area contributed by atoms with Crippen molar-refractivity contribution in [2.75, 3.05) is 0 Å². The first kappa shape index (κ1) is 16.8. The molecule has 6 nitrogen and oxygen atoms in total. The number of hydrogen-bond donors (Lipinski definition) is 1. The van der Waals surface area contributed by atoms with Crippen molar-refractivity contribution >= 4 is 11.3 Å². The lowest BCUT2D eigenvalue weighted by Crippen LogP contribution is -2.32. The lowest BCUT2D eigenvalue weighted by atomic mass is 9.96. The topological polar surface area (TPSA) is 81.0 Å². The Labute approximate surface area is 153 Å². The first-order valence-corrected chi connectivity index (χ1v) is 9.33. The summed E-state index contributed by atoms with van der Waals surface area (Å²) in [6.07, 6.45) is 1.68. The molecule has 0 unspecified atom stereocenters. The molecule has 26 heavy (non-hydrogen) atoms. The van der Waals surface area contributed by atoms with Gasteiger partial charge in [0, 0.05) is 17.2 Å². The molecule has 134 valence electrons. The Morgan fingerprint density at radius 3 is 2.65 bits per heavy atom. The van der Waals surface area contributed by atoms with Crippen molar-refractivity contribution in [3.05, 3.63) is 35.8 Å². The quantitative estimate of drug-likeness (QED) is 0.745. The second-order valence-corrected chi connectivity index (χ2v) is 7.02. The summed E-state index contributed by atoms with van der Waals surface area (Å²) in [6.45, 7) is 0. The number of rotatable bonds is 4. The number of phenols is 1. The molecule has 2 aromatic heterocycles. The van der Waals surface area contributed by atoms with Gasteiger partial charge in [-0.1, -0.05) is 23.8 Å². The zero-order valence-corrected chi connectivity index (χ0v) is 14.7. The molecule has 1 N–H and O–H groups in total. The molecule has 0 radical (unpaired) electrons. The minimum Gasteiger partial charge on any atom is -0.507 e. The van der Waals surface area contributed by atoms with Gasteiger partial charge in [0.25, 0.3) is 0 Å². The van der Waals surface area contributed by atoms with Gasteiger partial charge >= 0.3 is 0 Å². The van der Waals surface area contributed by atoms with E-state index in [0.29, 0.717) is 30.0 Å². The summed E-state index contributed by atoms with van der Waals surface area (Å²) in [7, 11) is 0. The Morgan fingerprint density at radius 1 is 1.08 bits per heavy atom. The normalized spacial score (nSPS) is 20.0. The van der Waals surface area contributed by atoms with Crippen LogP contribution in [0.3, 0.4) is 0 Å². The monoisotopic (exact) mass is 372 g/mol. The molecule has 0 aliphatic heterocycles. The van der Waals surface area contributed by atoms with Crippen LogP contribution in [-0.4, -0.2) is 37.8 Å². The van der Waals surface area contributed by atoms with Gasteiger partial charge in [-0.2, -0.15) is 0 Å². The second kappa shape index (κ2) is 7.33. The largest absolute Gasteiger partial charge is 0.507 e. The highest BCUT2D eigenvalue weighted by molar-refractivity contribution is 7.12. The molecule has 8 heteroatoms. The van der Waals surface area contributed by atoms with Crippen molar-refractivity contribution in [1.29, 1.82) is 0 Å². The standard InChI is InChI=1S/C18H17FN4O2S/c19-13-3-1-2-4-16(13)25-17-8-7-14(21-22-17)12-6-5-11(9-15(12)24)18-23-20-10-26-18/h5-10,13,16,24H,1-4H2/t13-,16+/m0/s1. The van der Waals surface area contributed by atoms with E-state index >= 15 is 0 Å². The Hall–Kier alpha value is -2.61. The molecule has 3 aromatic rings. The third-order valence-corrected chi connectivity index (χ3v) is 5.16. The van der Waals surface area contributed by atoms with Crippen LogP contribution in [0.25, 0.3) is 21.8 Å². The molecule has 1 aliphatic rings. The van der Waals surface area contributed by atoms with E-state index in [0.717, 1.165) is 23.4 Å². The molecule has 0 saturated heterocycles. The highest BCUT2D eigenvalue weighted by atomic mass is 32.1. The van der Waals surface area contributed by atoms with E-state index in [1.54, 1.807) is 29.8 Å². The van der Waals surface area contributed by atoms with E-state index in [9.17, 15) is 9.50 Å². The molecule has 0 spiro atoms. The minimum absolute atomic E-state index is 0.0803. The highest BCUT2D eigenvalue weighted by Gasteiger charge is 2.26. The molecule has 0 bridgehead atoms. The molecular formula is C18H17FN4O2S. The molecule has 2 heterocycles. The number of halogens is 1. The molecule has 1 saturated carbocycles. The van der Waals surface area contributed by atoms with Crippen molar-refractivity contribution in [3.63, 3.8) is 0 Å². The van der Waals surface area contributed by atoms with Crippen LogP contribution in [0, 0.1) is 0 Å². The van der Waals surface area contributed by atoms with E-state index in [-0.39, 0.29) is 5.75 Å². The van der Waals surface area contributed by atoms with Crippen LogP contribution in [0.4, 0.5) is 4.39 Å². The molecule has 4 rings (SSSR count). The number of phenolic OH excluding ortho intramolecular Hbond substituents is 1. The van der Waals surface area contributed by atoms with Crippen molar-refractivity contribution in [2.24, 2.45) is 0 Å². The Balaban J connectivity index is 1.51. The van der Waals surface area contributed by atoms with Crippen LogP contribution in [0.5, 0.6) is 11.6 Å². The fraction of sp³-hybridized carbons (Fsp3) is 0.333. The fourth-order valence-electron chi connectivity index (χ4n) is 3.05. The summed E-state index contributed by atoms with van der Waals surface area (Å²) in [5.74, 6) is 0.380. The molecule has 2 atom stereocenters. The van der Waals surface area contributed by atoms with E-state index in [1.807, 2.05) is 6.07 Å². The predicted octanol–water partition coefficient (Wildman–Crippen LogP) is 4.03. The SMILES string of the molecule is Oc1cc(-c2nncs2)ccc1-c1ccc(O[C@@H]2CCCC[C@@H]2F)nn1. The molecule has 1 aliphatic carbocycles. The summed E-state index contributed by atoms with van der Waals surface area (Å²) >= 11 is 1.40. The Kier molecular flexibility index (Phi) is 4.75. The van der Waals surface area contributed by atoms with Gasteiger partial charge in [-0.15, -0.1) is 20.4 Å². The van der Waals surface area contributed by atoms with Gasteiger partial charge in [0.2, 0.25) is 5.88 Å². The summed E-state index contributed by atoms with van der Waals surface area (Å²) in [5.41, 5.74) is 3.49. The van der Waals surface area contributed by atoms with Gasteiger partial charge in [-0.25, -0.2) is 4.39 Å². The van der Waals surface area contributed by atoms with Crippen molar-refractivity contribution < 1.29 is 14.2 Å². The third kappa shape index (κ3) is 3.50. The van der Waals surface area contributed by atoms with Gasteiger partial charge in [0.1, 0.15) is 28.5 Å². The van der Waals surface area contributed by atoms with Gasteiger partial charge in [-0.3, -0.25) is 0 Å². The van der Waals surface area contributed by atoms with Crippen molar-refractivity contribution in [1.82, 2.24) is 20.4 Å². The summed E-state index contributed by atoms with van der Waals surface area (Å²) < 4.78 is 19.5. The van der Waals surface area contributed by atoms with Crippen molar-refractivity contribution in [3.8, 4) is 33.5 Å². The number of benzene rings is 1. The minimum atomic E-state index is -0.956. The van der Waals surface area contributed by atoms with Gasteiger partial charge in [-0.05, 0) is 37.5 Å². The lowest BCUT2D eigenvalue weighted by Gasteiger charge is -2.25. The van der Waals surface area contributed by atoms with Gasteiger partial charge in [0.15, 0.2) is 0 Å². The average molecular weight is 372 g/mol. The second-order valence-electron chi connectivity index (χ2n) is 6.19. The first-order chi connectivity index (χ1) is 12.7. The number of ether oxygens (including phenoxy) is 1. The number of hydrogen-bond acceptors (Lipinski definition) is 7. The van der Waals surface area contributed by atoms with Crippen LogP contribution >= 0.6 is 11.3 Å². The zero-order chi connectivity index (χ0) is 17.9. The van der Waals surface area contributed by atoms with Crippen LogP contribution < -0.4 is 4.74 Å². The Morgan fingerprint density at radius 2 is 1.96 bits per heavy atom. The third-order valence-electron chi connectivity index (χ3n) is 4.41. The smallest absolute Gasteiger partial charge is 0.233 e. The van der Waals surface area contributed by atoms with Gasteiger partial charge in [0.05, 0.1) is 5.69 Å². The first-order valence-electron chi connectivity index (χ1n) is 8.45. The van der Waals surface area contributed by atoms with E-state index in [1.165, 1.54) is 11.3 Å². The van der Waals surface area contributed by atoms with Crippen LogP contribution in [0.15, 0.2) is 35.8 Å². The van der Waals surface area contributed by atoms with Crippen molar-refractivity contribution in [2.45, 2.75) is 38.0 Å². The average Bonchev–Trinajstić information content (AvgIpc) is 3.19. The van der Waals surface area contributed by atoms with Crippen LogP contribution in [0.2, 0.25) is 0 Å². The Bertz CT molecular complexity index is 873. The maximum atomic E-state index is 13.9. The number of nitrogens with zero attached hydrogens (tertiary/aromatic N) is 4.